The van der Waals surface area contributed by atoms with Gasteiger partial charge in [-0.2, -0.15) is 21.6 Å². The molecule has 0 bridgehead atoms. The topological polar surface area (TPSA) is 63.0 Å². The average Bonchev–Trinajstić information content (AvgIpc) is 3.56. The molecule has 0 saturated carbocycles. The maximum Gasteiger partial charge on any atom is 0.534 e. The molecule has 53 heavy (non-hydrogen) atoms. The highest BCUT2D eigenvalue weighted by atomic mass is 32.2. The van der Waals surface area contributed by atoms with E-state index in [4.69, 9.17) is 8.60 Å². The van der Waals surface area contributed by atoms with E-state index in [2.05, 4.69) is 0 Å². The van der Waals surface area contributed by atoms with E-state index in [1.165, 1.54) is 12.1 Å². The molecule has 1 heterocycles. The van der Waals surface area contributed by atoms with Crippen LogP contribution in [0.4, 0.5) is 47.3 Å². The molecule has 0 N–H and O–H groups in total. The number of furan rings is 1. The molecule has 10 heteroatoms. The first kappa shape index (κ1) is 33.6. The van der Waals surface area contributed by atoms with Crippen LogP contribution in [0.25, 0.3) is 33.1 Å². The van der Waals surface area contributed by atoms with Gasteiger partial charge in [-0.05, 0) is 71.8 Å². The van der Waals surface area contributed by atoms with Gasteiger partial charge < -0.3 is 18.4 Å². The molecule has 1 aromatic heterocycles. The first-order chi connectivity index (χ1) is 25.7. The second-order valence-corrected chi connectivity index (χ2v) is 13.7. The molecule has 0 atom stereocenters. The molecule has 262 valence electrons. The average molecular weight is 727 g/mol. The third-order valence-electron chi connectivity index (χ3n) is 8.80. The van der Waals surface area contributed by atoms with Crippen LogP contribution in [0.3, 0.4) is 0 Å². The van der Waals surface area contributed by atoms with Crippen molar-refractivity contribution in [3.05, 3.63) is 176 Å². The van der Waals surface area contributed by atoms with E-state index in [0.717, 1.165) is 21.9 Å². The molecule has 7 aromatic carbocycles. The van der Waals surface area contributed by atoms with Crippen LogP contribution in [0.1, 0.15) is 0 Å². The Morgan fingerprint density at radius 3 is 1.66 bits per heavy atom. The number of benzene rings is 7. The largest absolute Gasteiger partial charge is 0.534 e. The van der Waals surface area contributed by atoms with Crippen LogP contribution >= 0.6 is 0 Å². The number of alkyl halides is 3. The molecule has 0 saturated heterocycles. The van der Waals surface area contributed by atoms with Gasteiger partial charge in [-0.1, -0.05) is 115 Å². The van der Waals surface area contributed by atoms with Gasteiger partial charge in [0.2, 0.25) is 0 Å². The van der Waals surface area contributed by atoms with Crippen molar-refractivity contribution in [2.24, 2.45) is 0 Å². The molecule has 0 unspecified atom stereocenters. The fourth-order valence-corrected chi connectivity index (χ4v) is 6.95. The van der Waals surface area contributed by atoms with Crippen LogP contribution in [0, 0.1) is 0 Å². The highest BCUT2D eigenvalue weighted by molar-refractivity contribution is 7.88. The zero-order valence-corrected chi connectivity index (χ0v) is 28.6. The molecular formula is C43H29F3N2O4S. The first-order valence-corrected chi connectivity index (χ1v) is 18.0. The number of fused-ring (bicyclic) bond motifs is 3. The van der Waals surface area contributed by atoms with Gasteiger partial charge in [0.15, 0.2) is 11.3 Å². The minimum Gasteiger partial charge on any atom is -0.454 e. The lowest BCUT2D eigenvalue weighted by Crippen LogP contribution is -2.29. The van der Waals surface area contributed by atoms with Crippen LogP contribution in [0.5, 0.6) is 5.75 Å². The van der Waals surface area contributed by atoms with Crippen molar-refractivity contribution < 1.29 is 30.2 Å². The van der Waals surface area contributed by atoms with E-state index in [1.807, 2.05) is 97.1 Å². The van der Waals surface area contributed by atoms with Gasteiger partial charge in [-0.3, -0.25) is 0 Å². The van der Waals surface area contributed by atoms with Crippen molar-refractivity contribution in [1.82, 2.24) is 0 Å². The maximum atomic E-state index is 14.3. The summed E-state index contributed by atoms with van der Waals surface area (Å²) >= 11 is 0. The molecule has 8 rings (SSSR count). The van der Waals surface area contributed by atoms with Gasteiger partial charge in [0.05, 0.1) is 17.1 Å². The highest BCUT2D eigenvalue weighted by Gasteiger charge is 2.49. The zero-order chi connectivity index (χ0) is 36.6. The second kappa shape index (κ2) is 13.6. The van der Waals surface area contributed by atoms with E-state index in [-0.39, 0.29) is 11.4 Å². The summed E-state index contributed by atoms with van der Waals surface area (Å²) in [5.41, 5.74) is -0.765. The number of hydrogen-bond acceptors (Lipinski definition) is 6. The zero-order valence-electron chi connectivity index (χ0n) is 27.8. The molecule has 0 radical (unpaired) electrons. The molecule has 6 nitrogen and oxygen atoms in total. The normalized spacial score (nSPS) is 11.8. The van der Waals surface area contributed by atoms with E-state index >= 15 is 0 Å². The van der Waals surface area contributed by atoms with Crippen molar-refractivity contribution in [3.63, 3.8) is 0 Å². The van der Waals surface area contributed by atoms with Gasteiger partial charge in [0.1, 0.15) is 5.58 Å². The molecule has 8 aromatic rings. The molecule has 0 spiro atoms. The third kappa shape index (κ3) is 6.34. The minimum atomic E-state index is -6.18. The summed E-state index contributed by atoms with van der Waals surface area (Å²) in [7, 11) is -6.18. The standard InChI is InChI=1S/C43H29F3N2O4S/c44-43(45,46)53(49,50)52-42-38(47(32-18-6-2-7-19-32)34-22-12-17-31(29-34)30-15-4-1-5-16-30)26-14-27-39(42)48(33-20-8-3-9-21-33)37-25-13-24-36-35-23-10-11-28-40(35)51-41(36)37/h1-29H. The Morgan fingerprint density at radius 1 is 0.491 bits per heavy atom. The maximum absolute atomic E-state index is 14.3. The van der Waals surface area contributed by atoms with Gasteiger partial charge in [-0.25, -0.2) is 0 Å². The van der Waals surface area contributed by atoms with E-state index in [9.17, 15) is 21.6 Å². The van der Waals surface area contributed by atoms with Gasteiger partial charge >= 0.3 is 15.6 Å². The Morgan fingerprint density at radius 2 is 0.981 bits per heavy atom. The monoisotopic (exact) mass is 726 g/mol. The molecule has 0 aliphatic carbocycles. The molecular weight excluding hydrogens is 698 g/mol. The number of para-hydroxylation sites is 5. The molecule has 0 amide bonds. The van der Waals surface area contributed by atoms with Crippen molar-refractivity contribution in [2.75, 3.05) is 9.80 Å². The first-order valence-electron chi connectivity index (χ1n) is 16.6. The second-order valence-electron chi connectivity index (χ2n) is 12.1. The Bertz CT molecular complexity index is 2670. The van der Waals surface area contributed by atoms with Crippen LogP contribution in [-0.4, -0.2) is 13.9 Å². The van der Waals surface area contributed by atoms with Crippen molar-refractivity contribution in [1.29, 1.82) is 0 Å². The summed E-state index contributed by atoms with van der Waals surface area (Å²) < 4.78 is 80.7. The van der Waals surface area contributed by atoms with E-state index < -0.39 is 21.4 Å². The summed E-state index contributed by atoms with van der Waals surface area (Å²) in [6.07, 6.45) is 0. The fraction of sp³-hybridized carbons (Fsp3) is 0.0233. The van der Waals surface area contributed by atoms with Gasteiger partial charge in [-0.15, -0.1) is 0 Å². The predicted molar refractivity (Wildman–Crippen MR) is 204 cm³/mol. The Labute approximate surface area is 303 Å². The SMILES string of the molecule is O=S(=O)(Oc1c(N(c2ccccc2)c2cccc(-c3ccccc3)c2)cccc1N(c1ccccc1)c1cccc2c1oc1ccccc12)C(F)(F)F. The highest BCUT2D eigenvalue weighted by Crippen LogP contribution is 2.51. The Hall–Kier alpha value is -6.52. The summed E-state index contributed by atoms with van der Waals surface area (Å²) in [5, 5.41) is 1.61. The van der Waals surface area contributed by atoms with Crippen LogP contribution < -0.4 is 14.0 Å². The number of rotatable bonds is 9. The molecule has 0 aliphatic heterocycles. The lowest BCUT2D eigenvalue weighted by atomic mass is 10.0. The van der Waals surface area contributed by atoms with Crippen molar-refractivity contribution >= 4 is 66.2 Å². The van der Waals surface area contributed by atoms with Crippen LogP contribution in [0.2, 0.25) is 0 Å². The summed E-state index contributed by atoms with van der Waals surface area (Å²) in [6, 6.07) is 52.7. The molecule has 0 fully saturated rings. The number of anilines is 6. The lowest BCUT2D eigenvalue weighted by molar-refractivity contribution is -0.0499. The third-order valence-corrected chi connectivity index (χ3v) is 9.75. The van der Waals surface area contributed by atoms with Gasteiger partial charge in [0, 0.05) is 27.8 Å². The number of nitrogens with zero attached hydrogens (tertiary/aromatic N) is 2. The number of hydrogen-bond donors (Lipinski definition) is 0. The smallest absolute Gasteiger partial charge is 0.454 e. The quantitative estimate of drug-likeness (QED) is 0.109. The van der Waals surface area contributed by atoms with Crippen molar-refractivity contribution in [3.8, 4) is 16.9 Å². The Kier molecular flexibility index (Phi) is 8.60. The molecule has 0 aliphatic rings. The Balaban J connectivity index is 1.43. The minimum absolute atomic E-state index is 0.0228. The van der Waals surface area contributed by atoms with E-state index in [1.54, 1.807) is 76.5 Å². The number of halogens is 3. The summed E-state index contributed by atoms with van der Waals surface area (Å²) in [5.74, 6) is -0.546. The lowest BCUT2D eigenvalue weighted by Gasteiger charge is -2.32. The summed E-state index contributed by atoms with van der Waals surface area (Å²) in [6.45, 7) is 0. The van der Waals surface area contributed by atoms with Crippen molar-refractivity contribution in [2.45, 2.75) is 5.51 Å². The predicted octanol–water partition coefficient (Wildman–Crippen LogP) is 12.4. The van der Waals surface area contributed by atoms with E-state index in [0.29, 0.717) is 33.9 Å². The van der Waals surface area contributed by atoms with Gasteiger partial charge in [0.25, 0.3) is 0 Å². The van der Waals surface area contributed by atoms with Crippen LogP contribution in [-0.2, 0) is 10.1 Å². The van der Waals surface area contributed by atoms with Crippen LogP contribution in [0.15, 0.2) is 180 Å². The summed E-state index contributed by atoms with van der Waals surface area (Å²) in [4.78, 5) is 3.33. The fourth-order valence-electron chi connectivity index (χ4n) is 6.46.